The maximum atomic E-state index is 5.56. The topological polar surface area (TPSA) is 87.2 Å². The van der Waals surface area contributed by atoms with E-state index in [0.29, 0.717) is 35.2 Å². The molecule has 106 heavy (non-hydrogen) atoms. The van der Waals surface area contributed by atoms with Crippen molar-refractivity contribution in [1.29, 1.82) is 0 Å². The molecule has 0 bridgehead atoms. The largest absolute Gasteiger partial charge is 0.278 e. The number of para-hydroxylation sites is 2. The molecule has 22 rings (SSSR count). The van der Waals surface area contributed by atoms with Gasteiger partial charge in [0.15, 0.2) is 23.3 Å². The van der Waals surface area contributed by atoms with Crippen LogP contribution in [-0.2, 0) is 10.8 Å². The van der Waals surface area contributed by atoms with Gasteiger partial charge in [0.1, 0.15) is 0 Å². The first kappa shape index (κ1) is 60.7. The van der Waals surface area contributed by atoms with Gasteiger partial charge in [-0.15, -0.1) is 22.7 Å². The van der Waals surface area contributed by atoms with Crippen LogP contribution in [0.2, 0.25) is 0 Å². The van der Waals surface area contributed by atoms with Crippen molar-refractivity contribution in [2.45, 2.75) is 38.5 Å². The van der Waals surface area contributed by atoms with Crippen molar-refractivity contribution >= 4 is 107 Å². The second-order valence-electron chi connectivity index (χ2n) is 29.4. The molecule has 0 saturated heterocycles. The van der Waals surface area contributed by atoms with E-state index in [4.69, 9.17) is 29.9 Å². The van der Waals surface area contributed by atoms with Gasteiger partial charge < -0.3 is 0 Å². The molecule has 6 heterocycles. The monoisotopic (exact) mass is 1390 g/mol. The molecule has 10 heteroatoms. The minimum Gasteiger partial charge on any atom is -0.278 e. The molecule has 2 aliphatic carbocycles. The Bertz CT molecular complexity index is 7130. The van der Waals surface area contributed by atoms with Crippen molar-refractivity contribution in [3.8, 4) is 113 Å². The molecule has 14 aromatic carbocycles. The summed E-state index contributed by atoms with van der Waals surface area (Å²) in [6, 6.07) is 110. The summed E-state index contributed by atoms with van der Waals surface area (Å²) in [5.74, 6) is 3.60. The van der Waals surface area contributed by atoms with Gasteiger partial charge in [-0.3, -0.25) is 9.13 Å². The molecule has 2 aliphatic rings. The molecule has 0 radical (unpaired) electrons. The predicted molar refractivity (Wildman–Crippen MR) is 441 cm³/mol. The minimum absolute atomic E-state index is 0.208. The van der Waals surface area contributed by atoms with Crippen LogP contribution in [0.3, 0.4) is 0 Å². The van der Waals surface area contributed by atoms with Crippen LogP contribution in [0.5, 0.6) is 0 Å². The van der Waals surface area contributed by atoms with Gasteiger partial charge in [-0.1, -0.05) is 258 Å². The Hall–Kier alpha value is -12.9. The predicted octanol–water partition coefficient (Wildman–Crippen LogP) is 25.3. The standard InChI is InChI=1S/C96H62N8S2/c1-95(2)77-28-13-8-23-65(77)66-44-41-63(49-79(66)95)91-98-92(102-94(101-91)104-82-30-15-10-25-69(82)74-52-76-71-27-12-17-32-86(71)106-88(76)54-84(74)104)64-42-45-67-72-48-62(43-46-78(72)96(3,4)80(67)50-64)61-22-18-21-60(47-61)57-35-39-59(40-36-57)90-97-89(58-37-33-56(34-38-58)55-19-6-5-7-20-55)99-93(100-90)103-81-29-14-9-24-68(81)73-51-75-70-26-11-16-31-85(70)105-87(75)53-83(73)103/h5-54H,1-4H3. The fourth-order valence-electron chi connectivity index (χ4n) is 17.3. The zero-order chi connectivity index (χ0) is 70.3. The van der Waals surface area contributed by atoms with E-state index in [9.17, 15) is 0 Å². The average Bonchev–Trinajstić information content (AvgIpc) is 1.58. The van der Waals surface area contributed by atoms with Crippen LogP contribution in [0.1, 0.15) is 49.9 Å². The number of benzene rings is 14. The Labute approximate surface area is 618 Å². The summed E-state index contributed by atoms with van der Waals surface area (Å²) in [6.45, 7) is 9.36. The van der Waals surface area contributed by atoms with Crippen molar-refractivity contribution in [2.24, 2.45) is 0 Å². The maximum Gasteiger partial charge on any atom is 0.238 e. The summed E-state index contributed by atoms with van der Waals surface area (Å²) >= 11 is 3.65. The van der Waals surface area contributed by atoms with Crippen molar-refractivity contribution in [1.82, 2.24) is 39.0 Å². The SMILES string of the molecule is CC1(C)c2ccccc2-c2ccc(-c3nc(-c4ccc5c(c4)C(C)(C)c4ccc(-c6cccc(-c7ccc(-c8nc(-c9ccc(-c%10ccccc%10)cc9)nc(-n9c%10ccccc%10c%10cc%11c(cc%109)sc9ccccc9%11)n8)cc7)c6)cc4-5)nc(-n4c5ccccc5c5cc6c(cc54)sc4ccccc46)n3)cc21. The molecule has 498 valence electrons. The van der Waals surface area contributed by atoms with Gasteiger partial charge in [-0.2, -0.15) is 19.9 Å². The van der Waals surface area contributed by atoms with Crippen molar-refractivity contribution in [3.63, 3.8) is 0 Å². The van der Waals surface area contributed by atoms with Crippen molar-refractivity contribution in [2.75, 3.05) is 0 Å². The van der Waals surface area contributed by atoms with E-state index in [1.54, 1.807) is 0 Å². The molecular weight excluding hydrogens is 1330 g/mol. The van der Waals surface area contributed by atoms with Gasteiger partial charge in [0, 0.05) is 95.0 Å². The van der Waals surface area contributed by atoms with Crippen LogP contribution in [0, 0.1) is 0 Å². The first-order chi connectivity index (χ1) is 52.0. The Balaban J connectivity index is 0.623. The van der Waals surface area contributed by atoms with Crippen LogP contribution >= 0.6 is 22.7 Å². The number of rotatable bonds is 9. The van der Waals surface area contributed by atoms with E-state index in [-0.39, 0.29) is 10.8 Å². The fourth-order valence-corrected chi connectivity index (χ4v) is 19.5. The first-order valence-corrected chi connectivity index (χ1v) is 37.8. The van der Waals surface area contributed by atoms with Crippen molar-refractivity contribution < 1.29 is 0 Å². The fraction of sp³-hybridized carbons (Fsp3) is 0.0625. The molecule has 0 amide bonds. The van der Waals surface area contributed by atoms with Crippen LogP contribution in [0.4, 0.5) is 0 Å². The summed E-state index contributed by atoms with van der Waals surface area (Å²) in [5, 5.41) is 9.68. The summed E-state index contributed by atoms with van der Waals surface area (Å²) in [7, 11) is 0. The molecular formula is C96H62N8S2. The highest BCUT2D eigenvalue weighted by molar-refractivity contribution is 7.26. The molecule has 0 aliphatic heterocycles. The third-order valence-corrected chi connectivity index (χ3v) is 25.0. The molecule has 0 unspecified atom stereocenters. The lowest BCUT2D eigenvalue weighted by Gasteiger charge is -2.22. The Morgan fingerprint density at radius 2 is 0.594 bits per heavy atom. The molecule has 0 N–H and O–H groups in total. The third-order valence-electron chi connectivity index (χ3n) is 22.7. The highest BCUT2D eigenvalue weighted by Gasteiger charge is 2.38. The molecule has 0 atom stereocenters. The van der Waals surface area contributed by atoms with Crippen LogP contribution in [-0.4, -0.2) is 39.0 Å². The van der Waals surface area contributed by atoms with Gasteiger partial charge in [0.2, 0.25) is 11.9 Å². The number of fused-ring (bicyclic) bond motifs is 18. The Morgan fingerprint density at radius 3 is 1.14 bits per heavy atom. The summed E-state index contributed by atoms with van der Waals surface area (Å²) < 4.78 is 9.48. The van der Waals surface area contributed by atoms with E-state index in [1.807, 2.05) is 28.7 Å². The zero-order valence-corrected chi connectivity index (χ0v) is 59.9. The minimum atomic E-state index is -0.326. The normalized spacial score (nSPS) is 13.4. The van der Waals surface area contributed by atoms with Crippen LogP contribution in [0.25, 0.3) is 197 Å². The number of nitrogens with zero attached hydrogens (tertiary/aromatic N) is 8. The third kappa shape index (κ3) is 9.24. The highest BCUT2D eigenvalue weighted by atomic mass is 32.1. The van der Waals surface area contributed by atoms with Crippen molar-refractivity contribution in [3.05, 3.63) is 326 Å². The number of hydrogen-bond acceptors (Lipinski definition) is 8. The van der Waals surface area contributed by atoms with E-state index >= 15 is 0 Å². The zero-order valence-electron chi connectivity index (χ0n) is 58.3. The number of aromatic nitrogens is 8. The lowest BCUT2D eigenvalue weighted by molar-refractivity contribution is 0.660. The smallest absolute Gasteiger partial charge is 0.238 e. The second kappa shape index (κ2) is 22.8. The van der Waals surface area contributed by atoms with E-state index < -0.39 is 0 Å². The van der Waals surface area contributed by atoms with E-state index in [2.05, 4.69) is 334 Å². The van der Waals surface area contributed by atoms with E-state index in [0.717, 1.165) is 93.9 Å². The second-order valence-corrected chi connectivity index (χ2v) is 31.5. The van der Waals surface area contributed by atoms with Gasteiger partial charge >= 0.3 is 0 Å². The Kier molecular flexibility index (Phi) is 13.1. The van der Waals surface area contributed by atoms with Crippen LogP contribution < -0.4 is 0 Å². The summed E-state index contributed by atoms with van der Waals surface area (Å²) in [5.41, 5.74) is 24.2. The maximum absolute atomic E-state index is 5.56. The van der Waals surface area contributed by atoms with E-state index in [1.165, 1.54) is 90.2 Å². The van der Waals surface area contributed by atoms with Gasteiger partial charge in [-0.05, 0) is 151 Å². The lowest BCUT2D eigenvalue weighted by Crippen LogP contribution is -2.15. The van der Waals surface area contributed by atoms with Crippen LogP contribution in [0.15, 0.2) is 303 Å². The molecule has 8 nitrogen and oxygen atoms in total. The number of thiophene rings is 2. The molecule has 20 aromatic rings. The molecule has 0 spiro atoms. The molecule has 0 fully saturated rings. The number of hydrogen-bond donors (Lipinski definition) is 0. The quantitative estimate of drug-likeness (QED) is 0.143. The Morgan fingerprint density at radius 1 is 0.217 bits per heavy atom. The molecule has 6 aromatic heterocycles. The average molecular weight is 1390 g/mol. The summed E-state index contributed by atoms with van der Waals surface area (Å²) in [4.78, 5) is 32.6. The lowest BCUT2D eigenvalue weighted by atomic mass is 9.81. The molecule has 0 saturated carbocycles. The van der Waals surface area contributed by atoms with Gasteiger partial charge in [-0.25, -0.2) is 9.97 Å². The van der Waals surface area contributed by atoms with Gasteiger partial charge in [0.05, 0.1) is 22.1 Å². The highest BCUT2D eigenvalue weighted by Crippen LogP contribution is 2.53. The summed E-state index contributed by atoms with van der Waals surface area (Å²) in [6.07, 6.45) is 0. The first-order valence-electron chi connectivity index (χ1n) is 36.1. The van der Waals surface area contributed by atoms with Gasteiger partial charge in [0.25, 0.3) is 0 Å².